The molecular formula is C23H23ClN2O4S. The third kappa shape index (κ3) is 5.64. The van der Waals surface area contributed by atoms with Crippen LogP contribution >= 0.6 is 11.6 Å². The van der Waals surface area contributed by atoms with E-state index in [0.29, 0.717) is 23.0 Å². The van der Waals surface area contributed by atoms with Crippen LogP contribution in [0.4, 0.5) is 11.4 Å². The van der Waals surface area contributed by atoms with Gasteiger partial charge >= 0.3 is 0 Å². The lowest BCUT2D eigenvalue weighted by atomic mass is 10.2. The third-order valence-corrected chi connectivity index (χ3v) is 6.62. The van der Waals surface area contributed by atoms with Gasteiger partial charge in [0.2, 0.25) is 5.91 Å². The summed E-state index contributed by atoms with van der Waals surface area (Å²) in [6.45, 7) is 1.82. The minimum Gasteiger partial charge on any atom is -0.380 e. The van der Waals surface area contributed by atoms with E-state index in [1.54, 1.807) is 50.4 Å². The van der Waals surface area contributed by atoms with Crippen LogP contribution in [0.5, 0.6) is 0 Å². The topological polar surface area (TPSA) is 75.7 Å². The molecule has 8 heteroatoms. The summed E-state index contributed by atoms with van der Waals surface area (Å²) >= 11 is 5.91. The molecule has 6 nitrogen and oxygen atoms in total. The molecule has 0 saturated carbocycles. The van der Waals surface area contributed by atoms with Crippen LogP contribution < -0.4 is 9.62 Å². The Morgan fingerprint density at radius 1 is 1.03 bits per heavy atom. The van der Waals surface area contributed by atoms with Gasteiger partial charge in [0.05, 0.1) is 17.2 Å². The van der Waals surface area contributed by atoms with Gasteiger partial charge in [-0.15, -0.1) is 0 Å². The number of aryl methyl sites for hydroxylation is 1. The zero-order chi connectivity index (χ0) is 22.4. The van der Waals surface area contributed by atoms with Gasteiger partial charge in [-0.25, -0.2) is 8.42 Å². The van der Waals surface area contributed by atoms with Crippen LogP contribution in [-0.2, 0) is 26.2 Å². The average Bonchev–Trinajstić information content (AvgIpc) is 2.73. The smallest absolute Gasteiger partial charge is 0.264 e. The largest absolute Gasteiger partial charge is 0.380 e. The van der Waals surface area contributed by atoms with Crippen molar-refractivity contribution in [3.8, 4) is 0 Å². The summed E-state index contributed by atoms with van der Waals surface area (Å²) < 4.78 is 33.0. The predicted molar refractivity (Wildman–Crippen MR) is 123 cm³/mol. The number of nitrogens with one attached hydrogen (secondary N) is 1. The lowest BCUT2D eigenvalue weighted by molar-refractivity contribution is -0.114. The maximum atomic E-state index is 13.4. The van der Waals surface area contributed by atoms with Crippen molar-refractivity contribution >= 4 is 38.9 Å². The Bertz CT molecular complexity index is 1160. The zero-order valence-corrected chi connectivity index (χ0v) is 18.8. The number of amides is 1. The highest BCUT2D eigenvalue weighted by atomic mass is 35.5. The molecule has 0 radical (unpaired) electrons. The van der Waals surface area contributed by atoms with Crippen molar-refractivity contribution in [2.45, 2.75) is 18.4 Å². The van der Waals surface area contributed by atoms with Crippen LogP contribution in [0.1, 0.15) is 11.1 Å². The second-order valence-electron chi connectivity index (χ2n) is 6.93. The fourth-order valence-electron chi connectivity index (χ4n) is 3.11. The Hall–Kier alpha value is -2.87. The van der Waals surface area contributed by atoms with Gasteiger partial charge in [0.1, 0.15) is 6.54 Å². The molecule has 3 rings (SSSR count). The van der Waals surface area contributed by atoms with E-state index < -0.39 is 15.9 Å². The Labute approximate surface area is 187 Å². The molecule has 0 saturated heterocycles. The van der Waals surface area contributed by atoms with Gasteiger partial charge in [-0.1, -0.05) is 41.9 Å². The summed E-state index contributed by atoms with van der Waals surface area (Å²) in [7, 11) is -2.41. The van der Waals surface area contributed by atoms with E-state index in [9.17, 15) is 13.2 Å². The quantitative estimate of drug-likeness (QED) is 0.534. The number of ether oxygens (including phenoxy) is 1. The standard InChI is InChI=1S/C23H23ClN2O4S/c1-17-6-3-4-9-22(17)26(31(28,29)21-12-10-19(24)11-13-21)15-23(27)25-20-8-5-7-18(14-20)16-30-2/h3-14H,15-16H2,1-2H3,(H,25,27). The van der Waals surface area contributed by atoms with E-state index in [0.717, 1.165) is 15.4 Å². The molecule has 0 aromatic heterocycles. The Balaban J connectivity index is 1.92. The van der Waals surface area contributed by atoms with Crippen molar-refractivity contribution in [1.82, 2.24) is 0 Å². The average molecular weight is 459 g/mol. The molecule has 3 aromatic carbocycles. The molecule has 0 unspecified atom stereocenters. The van der Waals surface area contributed by atoms with E-state index in [1.807, 2.05) is 12.1 Å². The number of carbonyl (C=O) groups is 1. The molecule has 1 N–H and O–H groups in total. The second-order valence-corrected chi connectivity index (χ2v) is 9.23. The lowest BCUT2D eigenvalue weighted by Gasteiger charge is -2.25. The van der Waals surface area contributed by atoms with Gasteiger partial charge in [0, 0.05) is 17.8 Å². The fraction of sp³-hybridized carbons (Fsp3) is 0.174. The van der Waals surface area contributed by atoms with Crippen molar-refractivity contribution in [2.75, 3.05) is 23.3 Å². The molecule has 31 heavy (non-hydrogen) atoms. The summed E-state index contributed by atoms with van der Waals surface area (Å²) in [5.41, 5.74) is 2.62. The van der Waals surface area contributed by atoms with Gasteiger partial charge in [-0.2, -0.15) is 0 Å². The molecule has 3 aromatic rings. The fourth-order valence-corrected chi connectivity index (χ4v) is 4.72. The summed E-state index contributed by atoms with van der Waals surface area (Å²) in [5.74, 6) is -0.463. The number of halogens is 1. The van der Waals surface area contributed by atoms with E-state index >= 15 is 0 Å². The Morgan fingerprint density at radius 2 is 1.74 bits per heavy atom. The lowest BCUT2D eigenvalue weighted by Crippen LogP contribution is -2.38. The first-order chi connectivity index (χ1) is 14.8. The van der Waals surface area contributed by atoms with Crippen LogP contribution in [-0.4, -0.2) is 28.0 Å². The van der Waals surface area contributed by atoms with Crippen molar-refractivity contribution in [2.24, 2.45) is 0 Å². The van der Waals surface area contributed by atoms with Gasteiger partial charge in [0.15, 0.2) is 0 Å². The maximum Gasteiger partial charge on any atom is 0.264 e. The highest BCUT2D eigenvalue weighted by molar-refractivity contribution is 7.92. The van der Waals surface area contributed by atoms with E-state index in [2.05, 4.69) is 5.32 Å². The number of sulfonamides is 1. The van der Waals surface area contributed by atoms with Crippen molar-refractivity contribution in [3.63, 3.8) is 0 Å². The van der Waals surface area contributed by atoms with E-state index in [1.165, 1.54) is 24.3 Å². The van der Waals surface area contributed by atoms with Crippen LogP contribution in [0.2, 0.25) is 5.02 Å². The van der Waals surface area contributed by atoms with Gasteiger partial charge < -0.3 is 10.1 Å². The number of nitrogens with zero attached hydrogens (tertiary/aromatic N) is 1. The molecule has 0 fully saturated rings. The minimum atomic E-state index is -4.00. The van der Waals surface area contributed by atoms with Crippen molar-refractivity contribution in [1.29, 1.82) is 0 Å². The summed E-state index contributed by atoms with van der Waals surface area (Å²) in [5, 5.41) is 3.20. The molecule has 0 bridgehead atoms. The maximum absolute atomic E-state index is 13.4. The van der Waals surface area contributed by atoms with Crippen LogP contribution in [0.3, 0.4) is 0 Å². The van der Waals surface area contributed by atoms with Crippen molar-refractivity contribution in [3.05, 3.63) is 88.9 Å². The summed E-state index contributed by atoms with van der Waals surface area (Å²) in [4.78, 5) is 12.9. The number of hydrogen-bond acceptors (Lipinski definition) is 4. The van der Waals surface area contributed by atoms with Crippen LogP contribution in [0, 0.1) is 6.92 Å². The minimum absolute atomic E-state index is 0.0510. The zero-order valence-electron chi connectivity index (χ0n) is 17.2. The molecule has 0 atom stereocenters. The molecule has 0 aliphatic rings. The summed E-state index contributed by atoms with van der Waals surface area (Å²) in [6.07, 6.45) is 0. The molecule has 1 amide bonds. The molecule has 0 aliphatic carbocycles. The monoisotopic (exact) mass is 458 g/mol. The normalized spacial score (nSPS) is 11.2. The number of hydrogen-bond donors (Lipinski definition) is 1. The summed E-state index contributed by atoms with van der Waals surface area (Å²) in [6, 6.07) is 20.1. The first kappa shape index (κ1) is 22.8. The predicted octanol–water partition coefficient (Wildman–Crippen LogP) is 4.63. The highest BCUT2D eigenvalue weighted by Crippen LogP contribution is 2.27. The van der Waals surface area contributed by atoms with Gasteiger partial charge in [-0.3, -0.25) is 9.10 Å². The molecule has 0 aliphatic heterocycles. The van der Waals surface area contributed by atoms with Crippen molar-refractivity contribution < 1.29 is 17.9 Å². The number of benzene rings is 3. The van der Waals surface area contributed by atoms with E-state index in [4.69, 9.17) is 16.3 Å². The number of rotatable bonds is 8. The van der Waals surface area contributed by atoms with Gasteiger partial charge in [-0.05, 0) is 60.5 Å². The molecular weight excluding hydrogens is 436 g/mol. The number of anilines is 2. The highest BCUT2D eigenvalue weighted by Gasteiger charge is 2.28. The van der Waals surface area contributed by atoms with Crippen LogP contribution in [0.25, 0.3) is 0 Å². The SMILES string of the molecule is COCc1cccc(NC(=O)CN(c2ccccc2C)S(=O)(=O)c2ccc(Cl)cc2)c1. The number of para-hydroxylation sites is 1. The Kier molecular flexibility index (Phi) is 7.33. The first-order valence-corrected chi connectivity index (χ1v) is 11.3. The molecule has 0 heterocycles. The molecule has 0 spiro atoms. The number of carbonyl (C=O) groups excluding carboxylic acids is 1. The Morgan fingerprint density at radius 3 is 2.42 bits per heavy atom. The van der Waals surface area contributed by atoms with E-state index in [-0.39, 0.29) is 11.4 Å². The van der Waals surface area contributed by atoms with Crippen LogP contribution in [0.15, 0.2) is 77.7 Å². The second kappa shape index (κ2) is 9.96. The number of methoxy groups -OCH3 is 1. The third-order valence-electron chi connectivity index (χ3n) is 4.59. The molecule has 162 valence electrons. The first-order valence-electron chi connectivity index (χ1n) is 9.53. The van der Waals surface area contributed by atoms with Gasteiger partial charge in [0.25, 0.3) is 10.0 Å².